The molecule has 5 aromatic rings. The number of nitrogens with one attached hydrogen (secondary N) is 4. The third-order valence-electron chi connectivity index (χ3n) is 10.9. The molecule has 1 unspecified atom stereocenters. The van der Waals surface area contributed by atoms with Crippen LogP contribution in [0.2, 0.25) is 0 Å². The number of rotatable bonds is 9. The number of likely N-dealkylation sites (tertiary alicyclic amines) is 2. The van der Waals surface area contributed by atoms with Gasteiger partial charge >= 0.3 is 12.2 Å². The molecule has 14 nitrogen and oxygen atoms in total. The first-order valence-corrected chi connectivity index (χ1v) is 18.7. The number of benzene rings is 3. The SMILES string of the molecule is COC(=O)NCC(=O)N1CCCCC1c1ncc(-c2ccc(-c3ccc(-c4cnc([C@@]5(C)CCCCN5C(=O)CNC(=O)OC)[nH]4)c4ccccc34)cc2)[nH]1. The number of amides is 4. The summed E-state index contributed by atoms with van der Waals surface area (Å²) in [5.41, 5.74) is 5.17. The van der Waals surface area contributed by atoms with Crippen LogP contribution >= 0.6 is 0 Å². The van der Waals surface area contributed by atoms with Gasteiger partial charge in [-0.15, -0.1) is 0 Å². The maximum Gasteiger partial charge on any atom is 0.407 e. The van der Waals surface area contributed by atoms with Crippen molar-refractivity contribution in [3.05, 3.63) is 84.7 Å². The highest BCUT2D eigenvalue weighted by Crippen LogP contribution is 2.40. The molecule has 2 aliphatic rings. The van der Waals surface area contributed by atoms with E-state index in [-0.39, 0.29) is 30.9 Å². The van der Waals surface area contributed by atoms with Gasteiger partial charge in [-0.3, -0.25) is 9.59 Å². The van der Waals surface area contributed by atoms with Crippen LogP contribution in [0.3, 0.4) is 0 Å². The summed E-state index contributed by atoms with van der Waals surface area (Å²) in [5, 5.41) is 7.16. The lowest BCUT2D eigenvalue weighted by Gasteiger charge is -2.43. The molecular weight excluding hydrogens is 701 g/mol. The molecule has 4 N–H and O–H groups in total. The quantitative estimate of drug-likeness (QED) is 0.136. The predicted octanol–water partition coefficient (Wildman–Crippen LogP) is 6.28. The number of aromatic nitrogens is 4. The highest BCUT2D eigenvalue weighted by atomic mass is 16.5. The van der Waals surface area contributed by atoms with E-state index in [0.717, 1.165) is 88.8 Å². The zero-order valence-electron chi connectivity index (χ0n) is 31.3. The highest BCUT2D eigenvalue weighted by Gasteiger charge is 2.41. The van der Waals surface area contributed by atoms with Crippen LogP contribution in [0.15, 0.2) is 73.1 Å². The van der Waals surface area contributed by atoms with E-state index in [0.29, 0.717) is 18.9 Å². The summed E-state index contributed by atoms with van der Waals surface area (Å²) >= 11 is 0. The van der Waals surface area contributed by atoms with Crippen LogP contribution in [0.5, 0.6) is 0 Å². The van der Waals surface area contributed by atoms with Gasteiger partial charge in [0.2, 0.25) is 11.8 Å². The molecule has 55 heavy (non-hydrogen) atoms. The molecule has 4 heterocycles. The Bertz CT molecular complexity index is 2200. The molecule has 0 spiro atoms. The van der Waals surface area contributed by atoms with Gasteiger partial charge in [0.15, 0.2) is 0 Å². The number of carbonyl (C=O) groups is 4. The molecule has 2 atom stereocenters. The second kappa shape index (κ2) is 16.0. The topological polar surface area (TPSA) is 175 Å². The van der Waals surface area contributed by atoms with Gasteiger partial charge in [-0.1, -0.05) is 60.7 Å². The van der Waals surface area contributed by atoms with Crippen LogP contribution in [-0.2, 0) is 24.6 Å². The van der Waals surface area contributed by atoms with Crippen molar-refractivity contribution in [3.63, 3.8) is 0 Å². The standard InChI is InChI=1S/C41H46N8O6/c1-41(19-7-9-21-49(41)36(51)25-45-40(53)55-3)38-43-23-33(47-38)31-18-17-28(29-10-4-5-11-30(29)31)26-13-15-27(16-14-26)32-22-42-37(46-32)34-12-6-8-20-48(34)35(50)24-44-39(52)54-2/h4-5,10-11,13-18,22-23,34H,6-9,12,19-21,24-25H2,1-3H3,(H,42,46)(H,43,47)(H,44,52)(H,45,53)/t34?,41-/m1/s1. The lowest BCUT2D eigenvalue weighted by molar-refractivity contribution is -0.139. The maximum absolute atomic E-state index is 13.3. The number of carbonyl (C=O) groups excluding carboxylic acids is 4. The zero-order chi connectivity index (χ0) is 38.5. The minimum atomic E-state index is -0.658. The molecule has 286 valence electrons. The Labute approximate surface area is 319 Å². The molecule has 14 heteroatoms. The molecule has 0 saturated carbocycles. The lowest BCUT2D eigenvalue weighted by atomic mass is 9.87. The largest absolute Gasteiger partial charge is 0.453 e. The minimum Gasteiger partial charge on any atom is -0.453 e. The number of methoxy groups -OCH3 is 2. The molecular formula is C41H46N8O6. The Morgan fingerprint density at radius 2 is 1.38 bits per heavy atom. The van der Waals surface area contributed by atoms with Crippen LogP contribution in [0.1, 0.15) is 63.1 Å². The van der Waals surface area contributed by atoms with Gasteiger partial charge in [-0.2, -0.15) is 0 Å². The van der Waals surface area contributed by atoms with Crippen LogP contribution in [0.4, 0.5) is 9.59 Å². The van der Waals surface area contributed by atoms with E-state index in [4.69, 9.17) is 4.98 Å². The van der Waals surface area contributed by atoms with E-state index in [1.807, 2.05) is 30.2 Å². The van der Waals surface area contributed by atoms with Gasteiger partial charge in [0.25, 0.3) is 0 Å². The fourth-order valence-electron chi connectivity index (χ4n) is 7.92. The number of H-pyrrole nitrogens is 2. The van der Waals surface area contributed by atoms with E-state index >= 15 is 0 Å². The molecule has 2 saturated heterocycles. The van der Waals surface area contributed by atoms with Crippen LogP contribution < -0.4 is 10.6 Å². The second-order valence-electron chi connectivity index (χ2n) is 14.2. The van der Waals surface area contributed by atoms with Crippen molar-refractivity contribution < 1.29 is 28.7 Å². The maximum atomic E-state index is 13.3. The number of aromatic amines is 2. The Morgan fingerprint density at radius 1 is 0.745 bits per heavy atom. The lowest BCUT2D eigenvalue weighted by Crippen LogP contribution is -2.53. The Balaban J connectivity index is 1.11. The van der Waals surface area contributed by atoms with Gasteiger partial charge in [-0.05, 0) is 72.9 Å². The van der Waals surface area contributed by atoms with Gasteiger partial charge < -0.3 is 39.9 Å². The smallest absolute Gasteiger partial charge is 0.407 e. The van der Waals surface area contributed by atoms with E-state index < -0.39 is 17.7 Å². The third kappa shape index (κ3) is 7.62. The summed E-state index contributed by atoms with van der Waals surface area (Å²) in [6.45, 7) is 2.92. The highest BCUT2D eigenvalue weighted by molar-refractivity contribution is 6.04. The third-order valence-corrected chi connectivity index (χ3v) is 10.9. The number of nitrogens with zero attached hydrogens (tertiary/aromatic N) is 4. The van der Waals surface area contributed by atoms with Crippen molar-refractivity contribution >= 4 is 34.8 Å². The average molecular weight is 747 g/mol. The molecule has 2 fully saturated rings. The summed E-state index contributed by atoms with van der Waals surface area (Å²) in [7, 11) is 2.54. The molecule has 0 radical (unpaired) electrons. The van der Waals surface area contributed by atoms with Crippen molar-refractivity contribution in [2.24, 2.45) is 0 Å². The number of fused-ring (bicyclic) bond motifs is 1. The summed E-state index contributed by atoms with van der Waals surface area (Å²) in [4.78, 5) is 69.5. The van der Waals surface area contributed by atoms with Crippen molar-refractivity contribution in [2.45, 2.75) is 57.0 Å². The fraction of sp³-hybridized carbons (Fsp3) is 0.366. The fourth-order valence-corrected chi connectivity index (χ4v) is 7.92. The Morgan fingerprint density at radius 3 is 2.11 bits per heavy atom. The van der Waals surface area contributed by atoms with Crippen molar-refractivity contribution in [3.8, 4) is 33.6 Å². The normalized spacial score (nSPS) is 18.5. The van der Waals surface area contributed by atoms with Crippen molar-refractivity contribution in [2.75, 3.05) is 40.4 Å². The molecule has 2 aromatic heterocycles. The predicted molar refractivity (Wildman–Crippen MR) is 207 cm³/mol. The van der Waals surface area contributed by atoms with Crippen LogP contribution in [-0.4, -0.2) is 94.1 Å². The number of imidazole rings is 2. The first-order valence-electron chi connectivity index (χ1n) is 18.7. The molecule has 0 aliphatic carbocycles. The molecule has 0 bridgehead atoms. The summed E-state index contributed by atoms with van der Waals surface area (Å²) < 4.78 is 9.26. The first-order chi connectivity index (χ1) is 26.7. The second-order valence-corrected chi connectivity index (χ2v) is 14.2. The van der Waals surface area contributed by atoms with Crippen molar-refractivity contribution in [1.82, 2.24) is 40.4 Å². The van der Waals surface area contributed by atoms with Gasteiger partial charge in [0.1, 0.15) is 24.7 Å². The molecule has 3 aromatic carbocycles. The van der Waals surface area contributed by atoms with E-state index in [1.54, 1.807) is 11.1 Å². The van der Waals surface area contributed by atoms with Gasteiger partial charge in [0.05, 0.1) is 49.6 Å². The Hall–Kier alpha value is -6.18. The van der Waals surface area contributed by atoms with E-state index in [1.165, 1.54) is 14.2 Å². The Kier molecular flexibility index (Phi) is 10.8. The van der Waals surface area contributed by atoms with E-state index in [2.05, 4.69) is 83.6 Å². The number of hydrogen-bond acceptors (Lipinski definition) is 8. The summed E-state index contributed by atoms with van der Waals surface area (Å²) in [5.74, 6) is 1.07. The number of hydrogen-bond donors (Lipinski definition) is 4. The average Bonchev–Trinajstić information content (AvgIpc) is 3.93. The monoisotopic (exact) mass is 746 g/mol. The summed E-state index contributed by atoms with van der Waals surface area (Å²) in [6.07, 6.45) is 7.60. The summed E-state index contributed by atoms with van der Waals surface area (Å²) in [6, 6.07) is 20.7. The zero-order valence-corrected chi connectivity index (χ0v) is 31.3. The molecule has 4 amide bonds. The molecule has 7 rings (SSSR count). The van der Waals surface area contributed by atoms with Gasteiger partial charge in [0, 0.05) is 18.7 Å². The number of piperidine rings is 2. The number of ether oxygens (including phenoxy) is 2. The van der Waals surface area contributed by atoms with E-state index in [9.17, 15) is 19.2 Å². The minimum absolute atomic E-state index is 0.129. The van der Waals surface area contributed by atoms with Crippen molar-refractivity contribution in [1.29, 1.82) is 0 Å². The van der Waals surface area contributed by atoms with Crippen LogP contribution in [0, 0.1) is 0 Å². The van der Waals surface area contributed by atoms with Crippen LogP contribution in [0.25, 0.3) is 44.4 Å². The molecule has 2 aliphatic heterocycles. The first kappa shape index (κ1) is 37.1. The van der Waals surface area contributed by atoms with Gasteiger partial charge in [-0.25, -0.2) is 19.6 Å². The number of alkyl carbamates (subject to hydrolysis) is 2.